The van der Waals surface area contributed by atoms with E-state index >= 15 is 0 Å². The summed E-state index contributed by atoms with van der Waals surface area (Å²) in [5, 5.41) is 0. The minimum Gasteiger partial charge on any atom is -0.371 e. The molecule has 1 aromatic rings. The summed E-state index contributed by atoms with van der Waals surface area (Å²) >= 11 is 3.37. The van der Waals surface area contributed by atoms with E-state index in [0.717, 1.165) is 37.3 Å². The highest BCUT2D eigenvalue weighted by molar-refractivity contribution is 9.10. The number of pyridine rings is 1. The van der Waals surface area contributed by atoms with Crippen LogP contribution in [0.2, 0.25) is 0 Å². The van der Waals surface area contributed by atoms with Crippen molar-refractivity contribution in [2.45, 2.75) is 30.8 Å². The Hall–Kier alpha value is -0.660. The van der Waals surface area contributed by atoms with Crippen molar-refractivity contribution < 1.29 is 13.2 Å². The smallest absolute Gasteiger partial charge is 0.151 e. The van der Waals surface area contributed by atoms with Gasteiger partial charge in [-0.25, -0.2) is 13.4 Å². The van der Waals surface area contributed by atoms with Gasteiger partial charge in [-0.2, -0.15) is 0 Å². The van der Waals surface area contributed by atoms with Gasteiger partial charge in [-0.3, -0.25) is 0 Å². The van der Waals surface area contributed by atoms with Crippen molar-refractivity contribution >= 4 is 31.6 Å². The van der Waals surface area contributed by atoms with Gasteiger partial charge in [0.1, 0.15) is 10.4 Å². The van der Waals surface area contributed by atoms with Crippen molar-refractivity contribution in [2.75, 3.05) is 24.2 Å². The van der Waals surface area contributed by atoms with Gasteiger partial charge in [0.25, 0.3) is 0 Å². The summed E-state index contributed by atoms with van der Waals surface area (Å²) < 4.78 is 29.4. The summed E-state index contributed by atoms with van der Waals surface area (Å²) in [4.78, 5) is 6.67. The predicted molar refractivity (Wildman–Crippen MR) is 80.6 cm³/mol. The fraction of sp³-hybridized carbons (Fsp3) is 0.615. The molecule has 0 saturated carbocycles. The summed E-state index contributed by atoms with van der Waals surface area (Å²) in [7, 11) is -3.04. The van der Waals surface area contributed by atoms with Gasteiger partial charge in [-0.15, -0.1) is 0 Å². The molecule has 0 spiro atoms. The zero-order valence-electron chi connectivity index (χ0n) is 11.3. The van der Waals surface area contributed by atoms with E-state index in [1.807, 2.05) is 6.07 Å². The van der Waals surface area contributed by atoms with Gasteiger partial charge in [0.05, 0.1) is 18.0 Å². The number of fused-ring (bicyclic) bond motifs is 2. The van der Waals surface area contributed by atoms with E-state index in [-0.39, 0.29) is 18.0 Å². The largest absolute Gasteiger partial charge is 0.371 e. The molecular weight excluding hydrogens is 344 g/mol. The molecule has 3 rings (SSSR count). The average molecular weight is 361 g/mol. The fourth-order valence-corrected chi connectivity index (χ4v) is 4.13. The van der Waals surface area contributed by atoms with Gasteiger partial charge in [0.15, 0.2) is 9.84 Å². The van der Waals surface area contributed by atoms with E-state index < -0.39 is 9.84 Å². The van der Waals surface area contributed by atoms with Crippen LogP contribution in [0.4, 0.5) is 5.82 Å². The second-order valence-electron chi connectivity index (χ2n) is 5.59. The van der Waals surface area contributed by atoms with Crippen LogP contribution in [0.1, 0.15) is 18.4 Å². The third-order valence-electron chi connectivity index (χ3n) is 3.64. The quantitative estimate of drug-likeness (QED) is 0.768. The van der Waals surface area contributed by atoms with Gasteiger partial charge in [-0.1, -0.05) is 0 Å². The maximum atomic E-state index is 11.4. The molecule has 0 radical (unpaired) electrons. The molecule has 7 heteroatoms. The van der Waals surface area contributed by atoms with Crippen LogP contribution >= 0.6 is 15.9 Å². The summed E-state index contributed by atoms with van der Waals surface area (Å²) in [5.74, 6) is 0.872. The lowest BCUT2D eigenvalue weighted by Gasteiger charge is -2.33. The minimum atomic E-state index is -3.04. The molecule has 5 nitrogen and oxygen atoms in total. The highest BCUT2D eigenvalue weighted by atomic mass is 79.9. The molecule has 0 aromatic carbocycles. The number of hydrogen-bond acceptors (Lipinski definition) is 5. The highest BCUT2D eigenvalue weighted by Crippen LogP contribution is 2.30. The predicted octanol–water partition coefficient (Wildman–Crippen LogP) is 1.76. The van der Waals surface area contributed by atoms with Crippen molar-refractivity contribution in [3.8, 4) is 0 Å². The summed E-state index contributed by atoms with van der Waals surface area (Å²) in [6.45, 7) is 1.66. The Kier molecular flexibility index (Phi) is 3.77. The Labute approximate surface area is 127 Å². The number of sulfone groups is 1. The lowest BCUT2D eigenvalue weighted by molar-refractivity contribution is 0.0302. The molecular formula is C13H17BrN2O3S. The van der Waals surface area contributed by atoms with Gasteiger partial charge in [0.2, 0.25) is 0 Å². The number of hydrogen-bond donors (Lipinski definition) is 0. The van der Waals surface area contributed by atoms with E-state index in [0.29, 0.717) is 4.60 Å². The van der Waals surface area contributed by atoms with Crippen LogP contribution in [0.15, 0.2) is 16.7 Å². The molecule has 2 aliphatic rings. The van der Waals surface area contributed by atoms with Crippen LogP contribution in [0.25, 0.3) is 0 Å². The van der Waals surface area contributed by atoms with Crippen LogP contribution in [0.5, 0.6) is 0 Å². The molecule has 110 valence electrons. The second-order valence-corrected chi connectivity index (χ2v) is 8.54. The third-order valence-corrected chi connectivity index (χ3v) is 4.90. The van der Waals surface area contributed by atoms with Crippen LogP contribution < -0.4 is 4.90 Å². The Morgan fingerprint density at radius 1 is 1.35 bits per heavy atom. The normalized spacial score (nSPS) is 26.0. The first-order valence-corrected chi connectivity index (χ1v) is 9.49. The monoisotopic (exact) mass is 360 g/mol. The molecule has 3 heterocycles. The van der Waals surface area contributed by atoms with Crippen LogP contribution in [0, 0.1) is 0 Å². The molecule has 0 N–H and O–H groups in total. The van der Waals surface area contributed by atoms with Crippen molar-refractivity contribution in [2.24, 2.45) is 0 Å². The van der Waals surface area contributed by atoms with E-state index in [4.69, 9.17) is 4.74 Å². The molecule has 2 atom stereocenters. The van der Waals surface area contributed by atoms with Crippen molar-refractivity contribution in [3.05, 3.63) is 22.3 Å². The van der Waals surface area contributed by atoms with Crippen molar-refractivity contribution in [1.82, 2.24) is 4.98 Å². The maximum absolute atomic E-state index is 11.4. The number of aromatic nitrogens is 1. The van der Waals surface area contributed by atoms with Gasteiger partial charge in [-0.05, 0) is 46.5 Å². The zero-order valence-corrected chi connectivity index (χ0v) is 13.7. The van der Waals surface area contributed by atoms with Crippen LogP contribution in [-0.4, -0.2) is 45.0 Å². The van der Waals surface area contributed by atoms with E-state index in [9.17, 15) is 8.42 Å². The second kappa shape index (κ2) is 5.27. The molecule has 20 heavy (non-hydrogen) atoms. The number of rotatable bonds is 3. The minimum absolute atomic E-state index is 0.0400. The lowest BCUT2D eigenvalue weighted by Crippen LogP contribution is -2.43. The topological polar surface area (TPSA) is 59.5 Å². The van der Waals surface area contributed by atoms with E-state index in [1.54, 1.807) is 6.07 Å². The van der Waals surface area contributed by atoms with Crippen molar-refractivity contribution in [1.29, 1.82) is 0 Å². The number of nitrogens with zero attached hydrogens (tertiary/aromatic N) is 2. The fourth-order valence-electron chi connectivity index (χ4n) is 2.88. The standard InChI is InChI=1S/C13H17BrN2O3S/c1-20(17,18)8-9-4-12(14)15-13(5-9)16-6-10-2-3-11(7-16)19-10/h4-5,10-11H,2-3,6-8H2,1H3. The zero-order chi connectivity index (χ0) is 14.3. The average Bonchev–Trinajstić information content (AvgIpc) is 2.65. The Bertz CT molecular complexity index is 608. The van der Waals surface area contributed by atoms with Gasteiger partial charge >= 0.3 is 0 Å². The summed E-state index contributed by atoms with van der Waals surface area (Å²) in [6, 6.07) is 3.64. The molecule has 0 amide bonds. The first kappa shape index (κ1) is 14.3. The van der Waals surface area contributed by atoms with Crippen LogP contribution in [0.3, 0.4) is 0 Å². The number of anilines is 1. The molecule has 0 aliphatic carbocycles. The SMILES string of the molecule is CS(=O)(=O)Cc1cc(Br)nc(N2CC3CCC(C2)O3)c1. The van der Waals surface area contributed by atoms with Crippen molar-refractivity contribution in [3.63, 3.8) is 0 Å². The van der Waals surface area contributed by atoms with E-state index in [1.165, 1.54) is 6.26 Å². The Balaban J connectivity index is 1.86. The first-order valence-electron chi connectivity index (χ1n) is 6.64. The Morgan fingerprint density at radius 2 is 2.00 bits per heavy atom. The molecule has 2 fully saturated rings. The molecule has 1 aromatic heterocycles. The van der Waals surface area contributed by atoms with E-state index in [2.05, 4.69) is 25.8 Å². The molecule has 2 aliphatic heterocycles. The van der Waals surface area contributed by atoms with Crippen LogP contribution in [-0.2, 0) is 20.3 Å². The summed E-state index contributed by atoms with van der Waals surface area (Å²) in [6.07, 6.45) is 4.02. The molecule has 2 bridgehead atoms. The molecule has 2 saturated heterocycles. The number of ether oxygens (including phenoxy) is 1. The van der Waals surface area contributed by atoms with Gasteiger partial charge < -0.3 is 9.64 Å². The highest BCUT2D eigenvalue weighted by Gasteiger charge is 2.34. The maximum Gasteiger partial charge on any atom is 0.151 e. The molecule has 2 unspecified atom stereocenters. The van der Waals surface area contributed by atoms with Gasteiger partial charge in [0, 0.05) is 19.3 Å². The third kappa shape index (κ3) is 3.32. The lowest BCUT2D eigenvalue weighted by atomic mass is 10.2. The number of morpholine rings is 1. The summed E-state index contributed by atoms with van der Waals surface area (Å²) in [5.41, 5.74) is 0.767. The number of halogens is 1. The first-order chi connectivity index (χ1) is 9.39. The Morgan fingerprint density at radius 3 is 2.60 bits per heavy atom.